The minimum Gasteiger partial charge on any atom is -0.456 e. The van der Waals surface area contributed by atoms with Crippen molar-refractivity contribution in [3.63, 3.8) is 0 Å². The number of rotatable bonds is 2. The Morgan fingerprint density at radius 3 is 2.35 bits per heavy atom. The normalized spacial score (nSPS) is 11.0. The molecule has 0 radical (unpaired) electrons. The first-order valence-corrected chi connectivity index (χ1v) is 5.18. The predicted molar refractivity (Wildman–Crippen MR) is 67.0 cm³/mol. The molecule has 0 fully saturated rings. The summed E-state index contributed by atoms with van der Waals surface area (Å²) in [5.74, 6) is -0.721. The Bertz CT molecular complexity index is 461. The van der Waals surface area contributed by atoms with E-state index in [4.69, 9.17) is 21.6 Å². The lowest BCUT2D eigenvalue weighted by Crippen LogP contribution is -2.26. The van der Waals surface area contributed by atoms with Gasteiger partial charge in [-0.25, -0.2) is 4.79 Å². The molecule has 0 heterocycles. The van der Waals surface area contributed by atoms with E-state index in [0.29, 0.717) is 11.3 Å². The van der Waals surface area contributed by atoms with E-state index >= 15 is 0 Å². The fourth-order valence-electron chi connectivity index (χ4n) is 1.30. The molecule has 5 N–H and O–H groups in total. The molecule has 0 bridgehead atoms. The lowest BCUT2D eigenvalue weighted by atomic mass is 10.1. The first-order chi connectivity index (χ1) is 7.70. The predicted octanol–water partition coefficient (Wildman–Crippen LogP) is 1.51. The molecule has 1 aromatic carbocycles. The van der Waals surface area contributed by atoms with E-state index in [1.165, 1.54) is 12.1 Å². The van der Waals surface area contributed by atoms with Crippen LogP contribution in [0.1, 0.15) is 36.7 Å². The van der Waals surface area contributed by atoms with Crippen LogP contribution in [-0.4, -0.2) is 17.4 Å². The van der Waals surface area contributed by atoms with E-state index in [9.17, 15) is 4.79 Å². The molecule has 1 aromatic rings. The Hall–Kier alpha value is -2.04. The number of carbonyl (C=O) groups excluding carboxylic acids is 1. The average molecular weight is 235 g/mol. The highest BCUT2D eigenvalue weighted by molar-refractivity contribution is 6.06. The molecular formula is C12H17N3O2. The Balaban J connectivity index is 3.16. The summed E-state index contributed by atoms with van der Waals surface area (Å²) in [6.45, 7) is 5.31. The molecule has 5 heteroatoms. The van der Waals surface area contributed by atoms with Gasteiger partial charge in [0.2, 0.25) is 0 Å². The molecular weight excluding hydrogens is 218 g/mol. The van der Waals surface area contributed by atoms with Gasteiger partial charge in [0.1, 0.15) is 11.4 Å². The van der Waals surface area contributed by atoms with Gasteiger partial charge in [0.05, 0.1) is 5.56 Å². The van der Waals surface area contributed by atoms with Crippen LogP contribution < -0.4 is 11.5 Å². The number of nitrogens with two attached hydrogens (primary N) is 2. The first kappa shape index (κ1) is 13.0. The number of esters is 1. The fourth-order valence-corrected chi connectivity index (χ4v) is 1.30. The molecule has 0 saturated carbocycles. The second-order valence-corrected chi connectivity index (χ2v) is 4.72. The number of hydrogen-bond donors (Lipinski definition) is 3. The maximum absolute atomic E-state index is 11.9. The van der Waals surface area contributed by atoms with Gasteiger partial charge in [-0.2, -0.15) is 0 Å². The van der Waals surface area contributed by atoms with E-state index in [0.717, 1.165) is 0 Å². The van der Waals surface area contributed by atoms with Gasteiger partial charge >= 0.3 is 5.97 Å². The van der Waals surface area contributed by atoms with Crippen LogP contribution in [-0.2, 0) is 4.74 Å². The topological polar surface area (TPSA) is 102 Å². The van der Waals surface area contributed by atoms with Crippen molar-refractivity contribution in [2.75, 3.05) is 5.73 Å². The third-order valence-corrected chi connectivity index (χ3v) is 1.95. The van der Waals surface area contributed by atoms with Crippen LogP contribution >= 0.6 is 0 Å². The van der Waals surface area contributed by atoms with Crippen LogP contribution in [0, 0.1) is 5.41 Å². The second-order valence-electron chi connectivity index (χ2n) is 4.72. The maximum atomic E-state index is 11.9. The lowest BCUT2D eigenvalue weighted by Gasteiger charge is -2.20. The number of ether oxygens (including phenoxy) is 1. The number of nitrogen functional groups attached to an aromatic ring is 2. The minimum atomic E-state index is -0.601. The van der Waals surface area contributed by atoms with Gasteiger partial charge in [0, 0.05) is 11.3 Å². The van der Waals surface area contributed by atoms with E-state index < -0.39 is 11.6 Å². The fraction of sp³-hybridized carbons (Fsp3) is 0.333. The van der Waals surface area contributed by atoms with Crippen molar-refractivity contribution in [1.29, 1.82) is 5.41 Å². The molecule has 0 atom stereocenters. The van der Waals surface area contributed by atoms with Gasteiger partial charge in [-0.1, -0.05) is 0 Å². The van der Waals surface area contributed by atoms with Crippen molar-refractivity contribution in [2.24, 2.45) is 5.73 Å². The zero-order valence-electron chi connectivity index (χ0n) is 10.2. The second kappa shape index (κ2) is 4.45. The summed E-state index contributed by atoms with van der Waals surface area (Å²) in [5.41, 5.74) is 11.4. The van der Waals surface area contributed by atoms with Crippen LogP contribution in [0.2, 0.25) is 0 Å². The summed E-state index contributed by atoms with van der Waals surface area (Å²) in [6, 6.07) is 4.59. The molecule has 0 aromatic heterocycles. The van der Waals surface area contributed by atoms with E-state index in [2.05, 4.69) is 0 Å². The van der Waals surface area contributed by atoms with Crippen molar-refractivity contribution in [1.82, 2.24) is 0 Å². The van der Waals surface area contributed by atoms with Crippen LogP contribution in [0.4, 0.5) is 5.69 Å². The standard InChI is InChI=1S/C12H17N3O2/c1-12(2,3)17-11(16)9-6-7(13)4-5-8(9)10(14)15/h4-6H,13H2,1-3H3,(H3,14,15). The number of anilines is 1. The van der Waals surface area contributed by atoms with Gasteiger partial charge in [0.15, 0.2) is 0 Å². The SMILES string of the molecule is CC(C)(C)OC(=O)c1cc(N)ccc1C(=N)N. The summed E-state index contributed by atoms with van der Waals surface area (Å²) in [6.07, 6.45) is 0. The van der Waals surface area contributed by atoms with Gasteiger partial charge < -0.3 is 16.2 Å². The smallest absolute Gasteiger partial charge is 0.339 e. The summed E-state index contributed by atoms with van der Waals surface area (Å²) < 4.78 is 5.22. The van der Waals surface area contributed by atoms with Gasteiger partial charge in [-0.3, -0.25) is 5.41 Å². The highest BCUT2D eigenvalue weighted by Gasteiger charge is 2.21. The zero-order valence-corrected chi connectivity index (χ0v) is 10.2. The third-order valence-electron chi connectivity index (χ3n) is 1.95. The van der Waals surface area contributed by atoms with Crippen molar-refractivity contribution < 1.29 is 9.53 Å². The molecule has 1 rings (SSSR count). The number of amidine groups is 1. The van der Waals surface area contributed by atoms with Crippen LogP contribution in [0.15, 0.2) is 18.2 Å². The lowest BCUT2D eigenvalue weighted by molar-refractivity contribution is 0.00693. The molecule has 0 aliphatic heterocycles. The zero-order chi connectivity index (χ0) is 13.2. The molecule has 5 nitrogen and oxygen atoms in total. The molecule has 0 spiro atoms. The van der Waals surface area contributed by atoms with Gasteiger partial charge in [-0.15, -0.1) is 0 Å². The number of hydrogen-bond acceptors (Lipinski definition) is 4. The minimum absolute atomic E-state index is 0.189. The maximum Gasteiger partial charge on any atom is 0.339 e. The van der Waals surface area contributed by atoms with Crippen molar-refractivity contribution in [2.45, 2.75) is 26.4 Å². The van der Waals surface area contributed by atoms with Crippen LogP contribution in [0.5, 0.6) is 0 Å². The van der Waals surface area contributed by atoms with Gasteiger partial charge in [0.25, 0.3) is 0 Å². The van der Waals surface area contributed by atoms with Gasteiger partial charge in [-0.05, 0) is 39.0 Å². The van der Waals surface area contributed by atoms with Crippen molar-refractivity contribution >= 4 is 17.5 Å². The molecule has 0 aliphatic carbocycles. The molecule has 0 amide bonds. The van der Waals surface area contributed by atoms with Crippen molar-refractivity contribution in [3.8, 4) is 0 Å². The number of benzene rings is 1. The molecule has 0 aliphatic rings. The average Bonchev–Trinajstić information content (AvgIpc) is 2.14. The van der Waals surface area contributed by atoms with Crippen LogP contribution in [0.3, 0.4) is 0 Å². The summed E-state index contributed by atoms with van der Waals surface area (Å²) in [7, 11) is 0. The third kappa shape index (κ3) is 3.48. The number of carbonyl (C=O) groups is 1. The molecule has 92 valence electrons. The Morgan fingerprint density at radius 1 is 1.29 bits per heavy atom. The highest BCUT2D eigenvalue weighted by Crippen LogP contribution is 2.18. The Kier molecular flexibility index (Phi) is 3.41. The molecule has 17 heavy (non-hydrogen) atoms. The van der Waals surface area contributed by atoms with Crippen LogP contribution in [0.25, 0.3) is 0 Å². The Morgan fingerprint density at radius 2 is 1.88 bits per heavy atom. The largest absolute Gasteiger partial charge is 0.456 e. The Labute approximate surface area is 100 Å². The van der Waals surface area contributed by atoms with E-state index in [-0.39, 0.29) is 11.4 Å². The van der Waals surface area contributed by atoms with Crippen molar-refractivity contribution in [3.05, 3.63) is 29.3 Å². The summed E-state index contributed by atoms with van der Waals surface area (Å²) in [5, 5.41) is 7.40. The monoisotopic (exact) mass is 235 g/mol. The summed E-state index contributed by atoms with van der Waals surface area (Å²) in [4.78, 5) is 11.9. The molecule has 0 unspecified atom stereocenters. The van der Waals surface area contributed by atoms with E-state index in [1.807, 2.05) is 0 Å². The molecule has 0 saturated heterocycles. The van der Waals surface area contributed by atoms with E-state index in [1.54, 1.807) is 26.8 Å². The highest BCUT2D eigenvalue weighted by atomic mass is 16.6. The first-order valence-electron chi connectivity index (χ1n) is 5.18. The quantitative estimate of drug-likeness (QED) is 0.313. The number of nitrogens with one attached hydrogen (secondary N) is 1. The summed E-state index contributed by atoms with van der Waals surface area (Å²) >= 11 is 0.